The molecule has 0 radical (unpaired) electrons. The highest BCUT2D eigenvalue weighted by molar-refractivity contribution is 9.10. The molecule has 1 heterocycles. The van der Waals surface area contributed by atoms with Crippen molar-refractivity contribution in [1.29, 1.82) is 0 Å². The van der Waals surface area contributed by atoms with E-state index in [4.69, 9.17) is 9.47 Å². The Hall–Kier alpha value is -2.42. The van der Waals surface area contributed by atoms with Gasteiger partial charge in [-0.2, -0.15) is 0 Å². The molecule has 160 valence electrons. The summed E-state index contributed by atoms with van der Waals surface area (Å²) < 4.78 is 11.2. The van der Waals surface area contributed by atoms with Crippen molar-refractivity contribution in [2.75, 3.05) is 58.9 Å². The van der Waals surface area contributed by atoms with Crippen LogP contribution in [0.3, 0.4) is 0 Å². The second kappa shape index (κ2) is 10.6. The van der Waals surface area contributed by atoms with Crippen molar-refractivity contribution < 1.29 is 19.1 Å². The van der Waals surface area contributed by atoms with Gasteiger partial charge in [0, 0.05) is 38.9 Å². The molecule has 0 aromatic heterocycles. The van der Waals surface area contributed by atoms with Crippen LogP contribution in [0.2, 0.25) is 0 Å². The van der Waals surface area contributed by atoms with Gasteiger partial charge in [0.15, 0.2) is 0 Å². The maximum Gasteiger partial charge on any atom is 0.256 e. The van der Waals surface area contributed by atoms with Crippen LogP contribution < -0.4 is 10.1 Å². The molecule has 2 aromatic carbocycles. The van der Waals surface area contributed by atoms with Gasteiger partial charge in [-0.1, -0.05) is 12.1 Å². The molecule has 1 fully saturated rings. The third kappa shape index (κ3) is 5.59. The summed E-state index contributed by atoms with van der Waals surface area (Å²) in [6.45, 7) is 3.93. The highest BCUT2D eigenvalue weighted by Gasteiger charge is 2.23. The second-order valence-corrected chi connectivity index (χ2v) is 7.94. The van der Waals surface area contributed by atoms with Crippen LogP contribution in [0.5, 0.6) is 5.75 Å². The van der Waals surface area contributed by atoms with Gasteiger partial charge in [0.1, 0.15) is 12.4 Å². The quantitative estimate of drug-likeness (QED) is 0.622. The SMILES string of the molecule is COCCOc1ccc(C(=O)Nc2ccccc2C(=O)N2CCN(C)CC2)cc1Br. The third-order valence-electron chi connectivity index (χ3n) is 4.94. The van der Waals surface area contributed by atoms with Gasteiger partial charge in [-0.05, 0) is 53.3 Å². The first-order chi connectivity index (χ1) is 14.5. The molecule has 8 heteroatoms. The minimum atomic E-state index is -0.294. The summed E-state index contributed by atoms with van der Waals surface area (Å²) in [5, 5.41) is 2.88. The number of para-hydroxylation sites is 1. The lowest BCUT2D eigenvalue weighted by molar-refractivity contribution is 0.0665. The molecule has 0 atom stereocenters. The summed E-state index contributed by atoms with van der Waals surface area (Å²) >= 11 is 3.44. The van der Waals surface area contributed by atoms with E-state index in [9.17, 15) is 9.59 Å². The van der Waals surface area contributed by atoms with Crippen LogP contribution in [0.4, 0.5) is 5.69 Å². The number of nitrogens with zero attached hydrogens (tertiary/aromatic N) is 2. The number of hydrogen-bond acceptors (Lipinski definition) is 5. The van der Waals surface area contributed by atoms with Crippen molar-refractivity contribution in [2.24, 2.45) is 0 Å². The summed E-state index contributed by atoms with van der Waals surface area (Å²) in [4.78, 5) is 29.8. The van der Waals surface area contributed by atoms with Crippen LogP contribution in [0, 0.1) is 0 Å². The molecular weight excluding hydrogens is 450 g/mol. The summed E-state index contributed by atoms with van der Waals surface area (Å²) in [5.74, 6) is 0.272. The smallest absolute Gasteiger partial charge is 0.256 e. The molecule has 1 saturated heterocycles. The van der Waals surface area contributed by atoms with Crippen molar-refractivity contribution >= 4 is 33.4 Å². The third-order valence-corrected chi connectivity index (χ3v) is 5.55. The normalized spacial score (nSPS) is 14.4. The number of methoxy groups -OCH3 is 1. The average molecular weight is 476 g/mol. The van der Waals surface area contributed by atoms with Crippen molar-refractivity contribution in [3.8, 4) is 5.75 Å². The molecular formula is C22H26BrN3O4. The average Bonchev–Trinajstić information content (AvgIpc) is 2.75. The number of halogens is 1. The van der Waals surface area contributed by atoms with Gasteiger partial charge >= 0.3 is 0 Å². The molecule has 1 N–H and O–H groups in total. The zero-order valence-electron chi connectivity index (χ0n) is 17.2. The van der Waals surface area contributed by atoms with Gasteiger partial charge < -0.3 is 24.6 Å². The number of ether oxygens (including phenoxy) is 2. The fourth-order valence-corrected chi connectivity index (χ4v) is 3.64. The molecule has 0 spiro atoms. The molecule has 0 unspecified atom stereocenters. The second-order valence-electron chi connectivity index (χ2n) is 7.08. The van der Waals surface area contributed by atoms with E-state index < -0.39 is 0 Å². The predicted octanol–water partition coefficient (Wildman–Crippen LogP) is 3.11. The Bertz CT molecular complexity index is 898. The molecule has 1 aliphatic rings. The van der Waals surface area contributed by atoms with Gasteiger partial charge in [-0.3, -0.25) is 9.59 Å². The molecule has 30 heavy (non-hydrogen) atoms. The summed E-state index contributed by atoms with van der Waals surface area (Å²) in [6.07, 6.45) is 0. The maximum absolute atomic E-state index is 13.0. The molecule has 2 aromatic rings. The summed E-state index contributed by atoms with van der Waals surface area (Å²) in [6, 6.07) is 12.2. The molecule has 1 aliphatic heterocycles. The Morgan fingerprint density at radius 1 is 1.07 bits per heavy atom. The lowest BCUT2D eigenvalue weighted by Crippen LogP contribution is -2.47. The van der Waals surface area contributed by atoms with Crippen LogP contribution >= 0.6 is 15.9 Å². The first kappa shape index (κ1) is 22.3. The first-order valence-corrected chi connectivity index (χ1v) is 10.6. The number of nitrogens with one attached hydrogen (secondary N) is 1. The minimum absolute atomic E-state index is 0.0675. The molecule has 7 nitrogen and oxygen atoms in total. The van der Waals surface area contributed by atoms with E-state index in [2.05, 4.69) is 26.1 Å². The molecule has 0 aliphatic carbocycles. The molecule has 0 bridgehead atoms. The van der Waals surface area contributed by atoms with E-state index in [1.165, 1.54) is 0 Å². The number of likely N-dealkylation sites (N-methyl/N-ethyl adjacent to an activating group) is 1. The Morgan fingerprint density at radius 3 is 2.50 bits per heavy atom. The van der Waals surface area contributed by atoms with E-state index in [1.54, 1.807) is 43.5 Å². The number of benzene rings is 2. The highest BCUT2D eigenvalue weighted by Crippen LogP contribution is 2.27. The number of rotatable bonds is 7. The predicted molar refractivity (Wildman–Crippen MR) is 119 cm³/mol. The number of carbonyl (C=O) groups is 2. The first-order valence-electron chi connectivity index (χ1n) is 9.79. The fraction of sp³-hybridized carbons (Fsp3) is 0.364. The van der Waals surface area contributed by atoms with Crippen LogP contribution in [-0.4, -0.2) is 75.2 Å². The summed E-state index contributed by atoms with van der Waals surface area (Å²) in [5.41, 5.74) is 1.46. The largest absolute Gasteiger partial charge is 0.490 e. The standard InChI is InChI=1S/C22H26BrN3O4/c1-25-9-11-26(12-10-25)22(28)17-5-3-4-6-19(17)24-21(27)16-7-8-20(18(23)15-16)30-14-13-29-2/h3-8,15H,9-14H2,1-2H3,(H,24,27). The number of carbonyl (C=O) groups excluding carboxylic acids is 2. The van der Waals surface area contributed by atoms with Crippen molar-refractivity contribution in [2.45, 2.75) is 0 Å². The molecule has 3 rings (SSSR count). The van der Waals surface area contributed by atoms with Crippen LogP contribution in [0.1, 0.15) is 20.7 Å². The van der Waals surface area contributed by atoms with Gasteiger partial charge in [-0.25, -0.2) is 0 Å². The summed E-state index contributed by atoms with van der Waals surface area (Å²) in [7, 11) is 3.65. The van der Waals surface area contributed by atoms with E-state index in [1.807, 2.05) is 18.0 Å². The topological polar surface area (TPSA) is 71.1 Å². The van der Waals surface area contributed by atoms with E-state index in [-0.39, 0.29) is 11.8 Å². The number of hydrogen-bond donors (Lipinski definition) is 1. The minimum Gasteiger partial charge on any atom is -0.490 e. The Labute approximate surface area is 185 Å². The van der Waals surface area contributed by atoms with Crippen molar-refractivity contribution in [3.05, 3.63) is 58.1 Å². The van der Waals surface area contributed by atoms with Gasteiger partial charge in [0.05, 0.1) is 22.3 Å². The molecule has 0 saturated carbocycles. The lowest BCUT2D eigenvalue weighted by atomic mass is 10.1. The van der Waals surface area contributed by atoms with E-state index in [0.717, 1.165) is 13.1 Å². The fourth-order valence-electron chi connectivity index (χ4n) is 3.15. The van der Waals surface area contributed by atoms with Crippen LogP contribution in [0.25, 0.3) is 0 Å². The van der Waals surface area contributed by atoms with Gasteiger partial charge in [0.2, 0.25) is 0 Å². The molecule has 2 amide bonds. The van der Waals surface area contributed by atoms with Crippen molar-refractivity contribution in [1.82, 2.24) is 9.80 Å². The lowest BCUT2D eigenvalue weighted by Gasteiger charge is -2.32. The van der Waals surface area contributed by atoms with Gasteiger partial charge in [0.25, 0.3) is 11.8 Å². The number of amides is 2. The van der Waals surface area contributed by atoms with Crippen LogP contribution in [0.15, 0.2) is 46.9 Å². The monoisotopic (exact) mass is 475 g/mol. The Balaban J connectivity index is 1.71. The van der Waals surface area contributed by atoms with Gasteiger partial charge in [-0.15, -0.1) is 0 Å². The van der Waals surface area contributed by atoms with E-state index in [0.29, 0.717) is 53.3 Å². The number of anilines is 1. The van der Waals surface area contributed by atoms with E-state index >= 15 is 0 Å². The highest BCUT2D eigenvalue weighted by atomic mass is 79.9. The maximum atomic E-state index is 13.0. The Morgan fingerprint density at radius 2 is 1.80 bits per heavy atom. The van der Waals surface area contributed by atoms with Crippen LogP contribution in [-0.2, 0) is 4.74 Å². The van der Waals surface area contributed by atoms with Crippen molar-refractivity contribution in [3.63, 3.8) is 0 Å². The zero-order valence-corrected chi connectivity index (χ0v) is 18.8. The zero-order chi connectivity index (χ0) is 21.5. The number of piperazine rings is 1. The Kier molecular flexibility index (Phi) is 7.84.